The summed E-state index contributed by atoms with van der Waals surface area (Å²) in [6.45, 7) is 0.442. The van der Waals surface area contributed by atoms with Crippen molar-refractivity contribution in [1.29, 1.82) is 0 Å². The highest BCUT2D eigenvalue weighted by Crippen LogP contribution is 2.21. The van der Waals surface area contributed by atoms with Crippen LogP contribution in [0.4, 0.5) is 19.1 Å². The van der Waals surface area contributed by atoms with Crippen molar-refractivity contribution in [3.05, 3.63) is 66.5 Å². The molecule has 2 aromatic heterocycles. The molecule has 0 aliphatic heterocycles. The molecule has 0 atom stereocenters. The Bertz CT molecular complexity index is 815. The Morgan fingerprint density at radius 2 is 1.92 bits per heavy atom. The van der Waals surface area contributed by atoms with Gasteiger partial charge in [-0.2, -0.15) is 13.2 Å². The highest BCUT2D eigenvalue weighted by Gasteiger charge is 2.26. The first kappa shape index (κ1) is 16.9. The molecule has 0 bridgehead atoms. The van der Waals surface area contributed by atoms with E-state index in [0.29, 0.717) is 18.2 Å². The number of alkyl halides is 3. The minimum atomic E-state index is -4.19. The summed E-state index contributed by atoms with van der Waals surface area (Å²) in [5.41, 5.74) is 2.31. The van der Waals surface area contributed by atoms with E-state index < -0.39 is 12.6 Å². The molecule has 8 heteroatoms. The summed E-state index contributed by atoms with van der Waals surface area (Å²) < 4.78 is 38.9. The fourth-order valence-corrected chi connectivity index (χ4v) is 2.38. The van der Waals surface area contributed by atoms with Crippen LogP contribution in [0.1, 0.15) is 17.7 Å². The van der Waals surface area contributed by atoms with Gasteiger partial charge in [0.25, 0.3) is 0 Å². The third-order valence-corrected chi connectivity index (χ3v) is 3.59. The molecular weight excluding hydrogens is 331 g/mol. The monoisotopic (exact) mass is 347 g/mol. The minimum Gasteiger partial charge on any atom is -0.350 e. The van der Waals surface area contributed by atoms with Gasteiger partial charge in [-0.25, -0.2) is 15.0 Å². The number of nitrogens with one attached hydrogen (secondary N) is 1. The molecule has 0 spiro atoms. The Labute approximate surface area is 142 Å². The van der Waals surface area contributed by atoms with Crippen molar-refractivity contribution in [2.75, 3.05) is 5.32 Å². The van der Waals surface area contributed by atoms with Crippen LogP contribution in [-0.2, 0) is 13.0 Å². The average molecular weight is 347 g/mol. The van der Waals surface area contributed by atoms with Crippen molar-refractivity contribution in [2.24, 2.45) is 0 Å². The topological polar surface area (TPSA) is 55.6 Å². The number of aryl methyl sites for hydroxylation is 1. The minimum absolute atomic E-state index is 0.160. The van der Waals surface area contributed by atoms with Crippen molar-refractivity contribution in [1.82, 2.24) is 19.5 Å². The van der Waals surface area contributed by atoms with Crippen LogP contribution in [0.15, 0.2) is 55.2 Å². The van der Waals surface area contributed by atoms with Crippen molar-refractivity contribution >= 4 is 5.95 Å². The fourth-order valence-electron chi connectivity index (χ4n) is 2.38. The van der Waals surface area contributed by atoms with Crippen molar-refractivity contribution in [3.63, 3.8) is 0 Å². The van der Waals surface area contributed by atoms with E-state index in [1.807, 2.05) is 35.0 Å². The highest BCUT2D eigenvalue weighted by atomic mass is 19.4. The number of nitrogens with zero attached hydrogens (tertiary/aromatic N) is 4. The van der Waals surface area contributed by atoms with Gasteiger partial charge in [0.15, 0.2) is 0 Å². The van der Waals surface area contributed by atoms with Crippen LogP contribution in [0.3, 0.4) is 0 Å². The SMILES string of the molecule is FC(F)(F)CCc1ccnc(NCc2ccccc2-n2ccnc2)n1. The van der Waals surface area contributed by atoms with Crippen molar-refractivity contribution in [3.8, 4) is 5.69 Å². The van der Waals surface area contributed by atoms with Gasteiger partial charge in [-0.15, -0.1) is 0 Å². The number of hydrogen-bond donors (Lipinski definition) is 1. The van der Waals surface area contributed by atoms with Crippen LogP contribution in [0, 0.1) is 0 Å². The Morgan fingerprint density at radius 1 is 1.08 bits per heavy atom. The van der Waals surface area contributed by atoms with Crippen LogP contribution in [0.25, 0.3) is 5.69 Å². The smallest absolute Gasteiger partial charge is 0.350 e. The van der Waals surface area contributed by atoms with Crippen molar-refractivity contribution in [2.45, 2.75) is 25.6 Å². The molecule has 0 saturated carbocycles. The lowest BCUT2D eigenvalue weighted by Gasteiger charge is -2.12. The van der Waals surface area contributed by atoms with E-state index in [-0.39, 0.29) is 6.42 Å². The summed E-state index contributed by atoms with van der Waals surface area (Å²) in [5.74, 6) is 0.306. The second-order valence-corrected chi connectivity index (χ2v) is 5.44. The predicted molar refractivity (Wildman–Crippen MR) is 87.3 cm³/mol. The third kappa shape index (κ3) is 4.79. The predicted octanol–water partition coefficient (Wildman–Crippen LogP) is 3.77. The highest BCUT2D eigenvalue weighted by molar-refractivity contribution is 5.43. The lowest BCUT2D eigenvalue weighted by molar-refractivity contribution is -0.134. The molecule has 1 N–H and O–H groups in total. The molecular formula is C17H16F3N5. The first-order valence-corrected chi connectivity index (χ1v) is 7.70. The zero-order chi connectivity index (χ0) is 17.7. The second kappa shape index (κ2) is 7.33. The lowest BCUT2D eigenvalue weighted by atomic mass is 10.1. The molecule has 0 saturated heterocycles. The van der Waals surface area contributed by atoms with E-state index >= 15 is 0 Å². The molecule has 2 heterocycles. The average Bonchev–Trinajstić information content (AvgIpc) is 3.13. The van der Waals surface area contributed by atoms with Crippen LogP contribution >= 0.6 is 0 Å². The number of rotatable bonds is 6. The Balaban J connectivity index is 1.69. The third-order valence-electron chi connectivity index (χ3n) is 3.59. The Hall–Kier alpha value is -2.90. The second-order valence-electron chi connectivity index (χ2n) is 5.44. The van der Waals surface area contributed by atoms with E-state index in [1.54, 1.807) is 12.5 Å². The van der Waals surface area contributed by atoms with E-state index in [2.05, 4.69) is 20.3 Å². The number of para-hydroxylation sites is 1. The van der Waals surface area contributed by atoms with Crippen LogP contribution < -0.4 is 5.32 Å². The van der Waals surface area contributed by atoms with Gasteiger partial charge in [0.2, 0.25) is 5.95 Å². The standard InChI is InChI=1S/C17H16F3N5/c18-17(19,20)7-5-14-6-8-22-16(24-14)23-11-13-3-1-2-4-15(13)25-10-9-21-12-25/h1-4,6,8-10,12H,5,7,11H2,(H,22,23,24). The molecule has 3 aromatic rings. The number of benzene rings is 1. The molecule has 0 amide bonds. The van der Waals surface area contributed by atoms with Crippen LogP contribution in [0.2, 0.25) is 0 Å². The molecule has 0 fully saturated rings. The summed E-state index contributed by atoms with van der Waals surface area (Å²) in [6.07, 6.45) is 1.45. The summed E-state index contributed by atoms with van der Waals surface area (Å²) in [6, 6.07) is 9.25. The molecule has 5 nitrogen and oxygen atoms in total. The molecule has 0 aliphatic rings. The summed E-state index contributed by atoms with van der Waals surface area (Å²) in [7, 11) is 0. The zero-order valence-electron chi connectivity index (χ0n) is 13.2. The van der Waals surface area contributed by atoms with E-state index in [0.717, 1.165) is 11.3 Å². The van der Waals surface area contributed by atoms with Gasteiger partial charge in [-0.05, 0) is 24.1 Å². The van der Waals surface area contributed by atoms with Gasteiger partial charge in [-0.1, -0.05) is 18.2 Å². The summed E-state index contributed by atoms with van der Waals surface area (Å²) in [5, 5.41) is 3.06. The molecule has 3 rings (SSSR count). The Kier molecular flexibility index (Phi) is 4.97. The normalized spacial score (nSPS) is 11.5. The van der Waals surface area contributed by atoms with E-state index in [1.165, 1.54) is 12.3 Å². The first-order chi connectivity index (χ1) is 12.0. The summed E-state index contributed by atoms with van der Waals surface area (Å²) in [4.78, 5) is 12.2. The van der Waals surface area contributed by atoms with E-state index in [4.69, 9.17) is 0 Å². The maximum atomic E-state index is 12.3. The zero-order valence-corrected chi connectivity index (χ0v) is 13.2. The van der Waals surface area contributed by atoms with Crippen LogP contribution in [0.5, 0.6) is 0 Å². The number of anilines is 1. The number of imidazole rings is 1. The van der Waals surface area contributed by atoms with Gasteiger partial charge in [0, 0.05) is 37.3 Å². The van der Waals surface area contributed by atoms with E-state index in [9.17, 15) is 13.2 Å². The fraction of sp³-hybridized carbons (Fsp3) is 0.235. The van der Waals surface area contributed by atoms with Gasteiger partial charge in [0.1, 0.15) is 0 Å². The maximum absolute atomic E-state index is 12.3. The maximum Gasteiger partial charge on any atom is 0.389 e. The molecule has 1 aromatic carbocycles. The van der Waals surface area contributed by atoms with Gasteiger partial charge < -0.3 is 9.88 Å². The molecule has 130 valence electrons. The Morgan fingerprint density at radius 3 is 2.68 bits per heavy atom. The number of hydrogen-bond acceptors (Lipinski definition) is 4. The van der Waals surface area contributed by atoms with Crippen LogP contribution in [-0.4, -0.2) is 25.7 Å². The van der Waals surface area contributed by atoms with Gasteiger partial charge in [-0.3, -0.25) is 0 Å². The first-order valence-electron chi connectivity index (χ1n) is 7.70. The molecule has 25 heavy (non-hydrogen) atoms. The quantitative estimate of drug-likeness (QED) is 0.737. The summed E-state index contributed by atoms with van der Waals surface area (Å²) >= 11 is 0. The van der Waals surface area contributed by atoms with Crippen molar-refractivity contribution < 1.29 is 13.2 Å². The molecule has 0 unspecified atom stereocenters. The van der Waals surface area contributed by atoms with Gasteiger partial charge >= 0.3 is 6.18 Å². The number of halogens is 3. The molecule has 0 aliphatic carbocycles. The van der Waals surface area contributed by atoms with Gasteiger partial charge in [0.05, 0.1) is 12.0 Å². The lowest BCUT2D eigenvalue weighted by Crippen LogP contribution is -2.11. The largest absolute Gasteiger partial charge is 0.389 e. The molecule has 0 radical (unpaired) electrons. The number of aromatic nitrogens is 4.